The van der Waals surface area contributed by atoms with Crippen molar-refractivity contribution in [2.24, 2.45) is 5.10 Å². The number of rotatable bonds is 6. The van der Waals surface area contributed by atoms with Gasteiger partial charge in [-0.15, -0.1) is 0 Å². The number of anilines is 1. The number of carbonyl (C=O) groups excluding carboxylic acids is 2. The summed E-state index contributed by atoms with van der Waals surface area (Å²) in [6.45, 7) is 0.438. The lowest BCUT2D eigenvalue weighted by molar-refractivity contribution is -0.136. The third kappa shape index (κ3) is 6.04. The molecule has 0 radical (unpaired) electrons. The van der Waals surface area contributed by atoms with Gasteiger partial charge < -0.3 is 10.1 Å². The molecule has 3 aromatic carbocycles. The fourth-order valence-electron chi connectivity index (χ4n) is 2.46. The number of hydrogen-bond donors (Lipinski definition) is 2. The maximum Gasteiger partial charge on any atom is 0.329 e. The second-order valence-electron chi connectivity index (χ2n) is 6.19. The topological polar surface area (TPSA) is 104 Å². The van der Waals surface area contributed by atoms with E-state index in [2.05, 4.69) is 15.8 Å². The van der Waals surface area contributed by atoms with Crippen LogP contribution < -0.4 is 15.5 Å². The van der Waals surface area contributed by atoms with Crippen LogP contribution in [-0.4, -0.2) is 18.0 Å². The molecule has 0 aromatic heterocycles. The van der Waals surface area contributed by atoms with Gasteiger partial charge in [-0.25, -0.2) is 5.43 Å². The van der Waals surface area contributed by atoms with Gasteiger partial charge >= 0.3 is 11.8 Å². The number of hydrogen-bond acceptors (Lipinski definition) is 5. The van der Waals surface area contributed by atoms with Crippen LogP contribution in [0.4, 0.5) is 5.69 Å². The highest BCUT2D eigenvalue weighted by molar-refractivity contribution is 6.39. The Labute approximate surface area is 173 Å². The highest BCUT2D eigenvalue weighted by atomic mass is 16.5. The molecule has 2 amide bonds. The van der Waals surface area contributed by atoms with E-state index in [-0.39, 0.29) is 0 Å². The number of ether oxygens (including phenoxy) is 1. The number of nitriles is 1. The van der Waals surface area contributed by atoms with E-state index in [9.17, 15) is 9.59 Å². The first-order valence-corrected chi connectivity index (χ1v) is 9.05. The molecular weight excluding hydrogens is 380 g/mol. The molecule has 3 rings (SSSR count). The summed E-state index contributed by atoms with van der Waals surface area (Å²) in [6.07, 6.45) is 1.42. The minimum Gasteiger partial charge on any atom is -0.489 e. The second kappa shape index (κ2) is 10.2. The van der Waals surface area contributed by atoms with Gasteiger partial charge in [0, 0.05) is 5.69 Å². The Kier molecular flexibility index (Phi) is 6.90. The molecule has 0 atom stereocenters. The van der Waals surface area contributed by atoms with Crippen LogP contribution in [0.2, 0.25) is 0 Å². The molecule has 30 heavy (non-hydrogen) atoms. The first-order valence-electron chi connectivity index (χ1n) is 9.05. The average Bonchev–Trinajstić information content (AvgIpc) is 2.79. The third-order valence-corrected chi connectivity index (χ3v) is 3.96. The van der Waals surface area contributed by atoms with Crippen LogP contribution >= 0.6 is 0 Å². The van der Waals surface area contributed by atoms with E-state index < -0.39 is 11.8 Å². The molecule has 0 saturated carbocycles. The van der Waals surface area contributed by atoms with Gasteiger partial charge in [0.25, 0.3) is 0 Å². The lowest BCUT2D eigenvalue weighted by Crippen LogP contribution is -2.32. The van der Waals surface area contributed by atoms with Gasteiger partial charge in [-0.1, -0.05) is 42.5 Å². The van der Waals surface area contributed by atoms with E-state index in [0.29, 0.717) is 29.2 Å². The minimum absolute atomic E-state index is 0.404. The van der Waals surface area contributed by atoms with Crippen LogP contribution in [0, 0.1) is 11.3 Å². The van der Waals surface area contributed by atoms with Crippen molar-refractivity contribution in [3.05, 3.63) is 95.6 Å². The zero-order chi connectivity index (χ0) is 21.2. The van der Waals surface area contributed by atoms with E-state index in [1.54, 1.807) is 30.3 Å². The van der Waals surface area contributed by atoms with E-state index in [4.69, 9.17) is 10.00 Å². The van der Waals surface area contributed by atoms with Gasteiger partial charge in [0.2, 0.25) is 0 Å². The molecule has 0 aliphatic rings. The van der Waals surface area contributed by atoms with Gasteiger partial charge in [0.05, 0.1) is 17.8 Å². The normalized spacial score (nSPS) is 10.2. The monoisotopic (exact) mass is 398 g/mol. The van der Waals surface area contributed by atoms with Crippen LogP contribution in [0.5, 0.6) is 5.75 Å². The molecule has 7 nitrogen and oxygen atoms in total. The number of carbonyl (C=O) groups is 2. The molecule has 0 unspecified atom stereocenters. The van der Waals surface area contributed by atoms with Gasteiger partial charge in [0.15, 0.2) is 0 Å². The number of nitrogens with zero attached hydrogens (tertiary/aromatic N) is 2. The Bertz CT molecular complexity index is 1090. The Morgan fingerprint density at radius 2 is 1.73 bits per heavy atom. The van der Waals surface area contributed by atoms with Gasteiger partial charge in [-0.2, -0.15) is 10.4 Å². The highest BCUT2D eigenvalue weighted by Crippen LogP contribution is 2.14. The van der Waals surface area contributed by atoms with E-state index in [1.807, 2.05) is 42.5 Å². The van der Waals surface area contributed by atoms with Gasteiger partial charge in [0.1, 0.15) is 12.4 Å². The summed E-state index contributed by atoms with van der Waals surface area (Å²) in [7, 11) is 0. The lowest BCUT2D eigenvalue weighted by Gasteiger charge is -2.07. The van der Waals surface area contributed by atoms with Crippen LogP contribution in [0.15, 0.2) is 84.0 Å². The SMILES string of the molecule is N#Cc1ccc(NC(=O)C(=O)N/N=C/c2cccc(OCc3ccccc3)c2)cc1. The van der Waals surface area contributed by atoms with Crippen molar-refractivity contribution in [2.45, 2.75) is 6.61 Å². The minimum atomic E-state index is -0.910. The predicted molar refractivity (Wildman–Crippen MR) is 113 cm³/mol. The van der Waals surface area contributed by atoms with Crippen molar-refractivity contribution >= 4 is 23.7 Å². The van der Waals surface area contributed by atoms with Crippen molar-refractivity contribution in [3.8, 4) is 11.8 Å². The van der Waals surface area contributed by atoms with Gasteiger partial charge in [-0.3, -0.25) is 9.59 Å². The number of benzene rings is 3. The Hall–Kier alpha value is -4.44. The molecule has 0 saturated heterocycles. The molecule has 0 spiro atoms. The predicted octanol–water partition coefficient (Wildman–Crippen LogP) is 3.23. The Balaban J connectivity index is 1.50. The Morgan fingerprint density at radius 1 is 0.967 bits per heavy atom. The van der Waals surface area contributed by atoms with E-state index in [1.165, 1.54) is 18.3 Å². The number of amides is 2. The fourth-order valence-corrected chi connectivity index (χ4v) is 2.46. The zero-order valence-electron chi connectivity index (χ0n) is 15.9. The largest absolute Gasteiger partial charge is 0.489 e. The lowest BCUT2D eigenvalue weighted by atomic mass is 10.2. The zero-order valence-corrected chi connectivity index (χ0v) is 15.9. The van der Waals surface area contributed by atoms with Crippen molar-refractivity contribution in [1.82, 2.24) is 5.43 Å². The smallest absolute Gasteiger partial charge is 0.329 e. The van der Waals surface area contributed by atoms with Crippen molar-refractivity contribution in [2.75, 3.05) is 5.32 Å². The van der Waals surface area contributed by atoms with Crippen molar-refractivity contribution < 1.29 is 14.3 Å². The molecule has 3 aromatic rings. The van der Waals surface area contributed by atoms with E-state index in [0.717, 1.165) is 5.56 Å². The Morgan fingerprint density at radius 3 is 2.47 bits per heavy atom. The molecule has 0 aliphatic heterocycles. The van der Waals surface area contributed by atoms with Crippen molar-refractivity contribution in [1.29, 1.82) is 5.26 Å². The first-order chi connectivity index (χ1) is 14.6. The third-order valence-electron chi connectivity index (χ3n) is 3.96. The van der Waals surface area contributed by atoms with Crippen LogP contribution in [0.3, 0.4) is 0 Å². The summed E-state index contributed by atoms with van der Waals surface area (Å²) in [4.78, 5) is 23.8. The molecule has 7 heteroatoms. The molecular formula is C23H18N4O3. The van der Waals surface area contributed by atoms with Gasteiger partial charge in [-0.05, 0) is 47.5 Å². The maximum absolute atomic E-state index is 11.9. The first kappa shape index (κ1) is 20.3. The number of nitrogens with one attached hydrogen (secondary N) is 2. The highest BCUT2D eigenvalue weighted by Gasteiger charge is 2.12. The van der Waals surface area contributed by atoms with Crippen molar-refractivity contribution in [3.63, 3.8) is 0 Å². The quantitative estimate of drug-likeness (QED) is 0.378. The fraction of sp³-hybridized carbons (Fsp3) is 0.0435. The standard InChI is InChI=1S/C23H18N4O3/c24-14-17-9-11-20(12-10-17)26-22(28)23(29)27-25-15-19-7-4-8-21(13-19)30-16-18-5-2-1-3-6-18/h1-13,15H,16H2,(H,26,28)(H,27,29)/b25-15+. The summed E-state index contributed by atoms with van der Waals surface area (Å²) < 4.78 is 5.75. The summed E-state index contributed by atoms with van der Waals surface area (Å²) in [5.41, 5.74) is 4.79. The van der Waals surface area contributed by atoms with Crippen LogP contribution in [0.1, 0.15) is 16.7 Å². The molecule has 148 valence electrons. The summed E-state index contributed by atoms with van der Waals surface area (Å²) in [5.74, 6) is -1.11. The molecule has 0 heterocycles. The molecule has 2 N–H and O–H groups in total. The number of hydrazone groups is 1. The molecule has 0 aliphatic carbocycles. The summed E-state index contributed by atoms with van der Waals surface area (Å²) >= 11 is 0. The van der Waals surface area contributed by atoms with Crippen LogP contribution in [-0.2, 0) is 16.2 Å². The van der Waals surface area contributed by atoms with E-state index >= 15 is 0 Å². The maximum atomic E-state index is 11.9. The molecule has 0 fully saturated rings. The second-order valence-corrected chi connectivity index (χ2v) is 6.19. The van der Waals surface area contributed by atoms with Crippen LogP contribution in [0.25, 0.3) is 0 Å². The average molecular weight is 398 g/mol. The molecule has 0 bridgehead atoms. The summed E-state index contributed by atoms with van der Waals surface area (Å²) in [5, 5.41) is 15.0. The summed E-state index contributed by atoms with van der Waals surface area (Å²) in [6, 6.07) is 25.1.